The third kappa shape index (κ3) is 4.54. The first-order chi connectivity index (χ1) is 8.45. The summed E-state index contributed by atoms with van der Waals surface area (Å²) in [6.45, 7) is 2.75. The van der Waals surface area contributed by atoms with Gasteiger partial charge in [0, 0.05) is 14.1 Å². The Bertz CT molecular complexity index is 453. The first-order valence-corrected chi connectivity index (χ1v) is 7.17. The van der Waals surface area contributed by atoms with Gasteiger partial charge in [0.25, 0.3) is 0 Å². The van der Waals surface area contributed by atoms with Gasteiger partial charge in [-0.15, -0.1) is 0 Å². The molecule has 0 aliphatic rings. The van der Waals surface area contributed by atoms with Crippen LogP contribution < -0.4 is 8.92 Å². The largest absolute Gasteiger partial charge is 0.494 e. The highest BCUT2D eigenvalue weighted by Crippen LogP contribution is 2.19. The SMILES string of the molecule is CCCCOc1ccc(OS(=O)(=O)N(C)C)cc1. The van der Waals surface area contributed by atoms with Crippen LogP contribution in [0.3, 0.4) is 0 Å². The van der Waals surface area contributed by atoms with Gasteiger partial charge in [-0.3, -0.25) is 0 Å². The minimum atomic E-state index is -3.69. The van der Waals surface area contributed by atoms with Gasteiger partial charge < -0.3 is 8.92 Å². The highest BCUT2D eigenvalue weighted by Gasteiger charge is 2.15. The van der Waals surface area contributed by atoms with Crippen molar-refractivity contribution < 1.29 is 17.3 Å². The Morgan fingerprint density at radius 2 is 1.67 bits per heavy atom. The van der Waals surface area contributed by atoms with Gasteiger partial charge in [-0.25, -0.2) is 0 Å². The third-order valence-corrected chi connectivity index (χ3v) is 3.54. The predicted octanol–water partition coefficient (Wildman–Crippen LogP) is 2.05. The van der Waals surface area contributed by atoms with Crippen molar-refractivity contribution in [3.63, 3.8) is 0 Å². The number of nitrogens with zero attached hydrogens (tertiary/aromatic N) is 1. The Hall–Kier alpha value is -1.27. The zero-order chi connectivity index (χ0) is 13.6. The maximum Gasteiger partial charge on any atom is 0.384 e. The molecule has 102 valence electrons. The smallest absolute Gasteiger partial charge is 0.384 e. The molecular weight excluding hydrogens is 254 g/mol. The third-order valence-electron chi connectivity index (χ3n) is 2.24. The van der Waals surface area contributed by atoms with Crippen LogP contribution in [-0.2, 0) is 10.3 Å². The van der Waals surface area contributed by atoms with E-state index in [0.29, 0.717) is 12.4 Å². The molecule has 0 aromatic heterocycles. The Morgan fingerprint density at radius 1 is 1.11 bits per heavy atom. The summed E-state index contributed by atoms with van der Waals surface area (Å²) < 4.78 is 34.3. The van der Waals surface area contributed by atoms with E-state index < -0.39 is 10.3 Å². The van der Waals surface area contributed by atoms with Gasteiger partial charge >= 0.3 is 10.3 Å². The van der Waals surface area contributed by atoms with Crippen LogP contribution >= 0.6 is 0 Å². The summed E-state index contributed by atoms with van der Waals surface area (Å²) in [6.07, 6.45) is 2.07. The monoisotopic (exact) mass is 273 g/mol. The molecule has 0 aliphatic carbocycles. The molecule has 1 rings (SSSR count). The van der Waals surface area contributed by atoms with E-state index in [-0.39, 0.29) is 5.75 Å². The molecule has 5 nitrogen and oxygen atoms in total. The van der Waals surface area contributed by atoms with E-state index in [1.165, 1.54) is 14.1 Å². The van der Waals surface area contributed by atoms with Crippen molar-refractivity contribution >= 4 is 10.3 Å². The van der Waals surface area contributed by atoms with Gasteiger partial charge in [0.15, 0.2) is 0 Å². The zero-order valence-corrected chi connectivity index (χ0v) is 11.7. The van der Waals surface area contributed by atoms with Crippen molar-refractivity contribution in [2.75, 3.05) is 20.7 Å². The lowest BCUT2D eigenvalue weighted by molar-refractivity contribution is 0.309. The minimum Gasteiger partial charge on any atom is -0.494 e. The molecule has 0 spiro atoms. The average Bonchev–Trinajstić information content (AvgIpc) is 2.31. The molecule has 6 heteroatoms. The summed E-state index contributed by atoms with van der Waals surface area (Å²) in [5.74, 6) is 0.976. The number of benzene rings is 1. The van der Waals surface area contributed by atoms with Gasteiger partial charge in [-0.1, -0.05) is 13.3 Å². The molecule has 0 fully saturated rings. The highest BCUT2D eigenvalue weighted by atomic mass is 32.2. The Kier molecular flexibility index (Phi) is 5.43. The van der Waals surface area contributed by atoms with E-state index in [2.05, 4.69) is 6.92 Å². The van der Waals surface area contributed by atoms with E-state index in [9.17, 15) is 8.42 Å². The lowest BCUT2D eigenvalue weighted by atomic mass is 10.3. The molecule has 0 unspecified atom stereocenters. The van der Waals surface area contributed by atoms with E-state index in [4.69, 9.17) is 8.92 Å². The van der Waals surface area contributed by atoms with Crippen LogP contribution in [0.25, 0.3) is 0 Å². The van der Waals surface area contributed by atoms with Crippen LogP contribution in [0.5, 0.6) is 11.5 Å². The maximum absolute atomic E-state index is 11.5. The van der Waals surface area contributed by atoms with Crippen LogP contribution in [-0.4, -0.2) is 33.4 Å². The molecule has 0 atom stereocenters. The molecule has 0 N–H and O–H groups in total. The van der Waals surface area contributed by atoms with Crippen molar-refractivity contribution in [3.05, 3.63) is 24.3 Å². The summed E-state index contributed by atoms with van der Waals surface area (Å²) >= 11 is 0. The molecule has 1 aromatic rings. The van der Waals surface area contributed by atoms with Crippen molar-refractivity contribution in [2.24, 2.45) is 0 Å². The van der Waals surface area contributed by atoms with Crippen molar-refractivity contribution in [1.82, 2.24) is 4.31 Å². The summed E-state index contributed by atoms with van der Waals surface area (Å²) in [6, 6.07) is 6.52. The number of ether oxygens (including phenoxy) is 1. The van der Waals surface area contributed by atoms with Crippen LogP contribution in [0.2, 0.25) is 0 Å². The van der Waals surface area contributed by atoms with Gasteiger partial charge in [0.1, 0.15) is 11.5 Å². The lowest BCUT2D eigenvalue weighted by Gasteiger charge is -2.12. The maximum atomic E-state index is 11.5. The number of rotatable bonds is 7. The summed E-state index contributed by atoms with van der Waals surface area (Å²) in [4.78, 5) is 0. The van der Waals surface area contributed by atoms with E-state index in [0.717, 1.165) is 17.1 Å². The molecule has 0 saturated carbocycles. The molecule has 0 amide bonds. The average molecular weight is 273 g/mol. The van der Waals surface area contributed by atoms with E-state index in [1.54, 1.807) is 24.3 Å². The molecule has 0 aliphatic heterocycles. The Morgan fingerprint density at radius 3 is 2.17 bits per heavy atom. The molecule has 0 saturated heterocycles. The fraction of sp³-hybridized carbons (Fsp3) is 0.500. The van der Waals surface area contributed by atoms with E-state index >= 15 is 0 Å². The van der Waals surface area contributed by atoms with Crippen LogP contribution in [0.15, 0.2) is 24.3 Å². The van der Waals surface area contributed by atoms with Gasteiger partial charge in [-0.05, 0) is 30.7 Å². The van der Waals surface area contributed by atoms with Crippen LogP contribution in [0, 0.1) is 0 Å². The fourth-order valence-electron chi connectivity index (χ4n) is 1.12. The van der Waals surface area contributed by atoms with Crippen molar-refractivity contribution in [2.45, 2.75) is 19.8 Å². The second-order valence-electron chi connectivity index (χ2n) is 4.00. The van der Waals surface area contributed by atoms with Crippen LogP contribution in [0.4, 0.5) is 0 Å². The molecule has 0 radical (unpaired) electrons. The van der Waals surface area contributed by atoms with Gasteiger partial charge in [0.2, 0.25) is 0 Å². The molecule has 0 heterocycles. The molecule has 0 bridgehead atoms. The first kappa shape index (κ1) is 14.8. The Balaban J connectivity index is 2.61. The second-order valence-corrected chi connectivity index (χ2v) is 5.75. The highest BCUT2D eigenvalue weighted by molar-refractivity contribution is 7.84. The molecular formula is C12H19NO4S. The number of hydrogen-bond acceptors (Lipinski definition) is 4. The predicted molar refractivity (Wildman–Crippen MR) is 70.1 cm³/mol. The van der Waals surface area contributed by atoms with Gasteiger partial charge in [-0.2, -0.15) is 12.7 Å². The lowest BCUT2D eigenvalue weighted by Crippen LogP contribution is -2.26. The number of hydrogen-bond donors (Lipinski definition) is 0. The summed E-state index contributed by atoms with van der Waals surface area (Å²) in [7, 11) is -0.864. The summed E-state index contributed by atoms with van der Waals surface area (Å²) in [5.41, 5.74) is 0. The zero-order valence-electron chi connectivity index (χ0n) is 10.9. The standard InChI is InChI=1S/C12H19NO4S/c1-4-5-10-16-11-6-8-12(9-7-11)17-18(14,15)13(2)3/h6-9H,4-5,10H2,1-3H3. The second kappa shape index (κ2) is 6.61. The summed E-state index contributed by atoms with van der Waals surface area (Å²) in [5, 5.41) is 0. The fourth-order valence-corrected chi connectivity index (χ4v) is 1.63. The first-order valence-electron chi connectivity index (χ1n) is 5.80. The van der Waals surface area contributed by atoms with E-state index in [1.807, 2.05) is 0 Å². The molecule has 1 aromatic carbocycles. The minimum absolute atomic E-state index is 0.270. The molecule has 18 heavy (non-hydrogen) atoms. The topological polar surface area (TPSA) is 55.8 Å². The van der Waals surface area contributed by atoms with Gasteiger partial charge in [0.05, 0.1) is 6.61 Å². The van der Waals surface area contributed by atoms with Crippen LogP contribution in [0.1, 0.15) is 19.8 Å². The Labute approximate surface area is 109 Å². The normalized spacial score (nSPS) is 11.6. The van der Waals surface area contributed by atoms with Crippen molar-refractivity contribution in [3.8, 4) is 11.5 Å². The quantitative estimate of drug-likeness (QED) is 0.713. The number of unbranched alkanes of at least 4 members (excludes halogenated alkanes) is 1. The van der Waals surface area contributed by atoms with Crippen molar-refractivity contribution in [1.29, 1.82) is 0 Å².